The number of carbonyl (C=O) groups excluding carboxylic acids is 3. The van der Waals surface area contributed by atoms with Gasteiger partial charge >= 0.3 is 17.9 Å². The molecule has 6 nitrogen and oxygen atoms in total. The number of methoxy groups -OCH3 is 2. The molecule has 0 heterocycles. The molecule has 0 atom stereocenters. The molecule has 0 aromatic carbocycles. The van der Waals surface area contributed by atoms with Gasteiger partial charge in [-0.25, -0.2) is 0 Å². The summed E-state index contributed by atoms with van der Waals surface area (Å²) in [5, 5.41) is 0. The van der Waals surface area contributed by atoms with Crippen molar-refractivity contribution < 1.29 is 28.6 Å². The summed E-state index contributed by atoms with van der Waals surface area (Å²) < 4.78 is 13.6. The van der Waals surface area contributed by atoms with Gasteiger partial charge in [-0.3, -0.25) is 14.4 Å². The smallest absolute Gasteiger partial charge is 0.323 e. The van der Waals surface area contributed by atoms with E-state index in [0.29, 0.717) is 0 Å². The third-order valence-electron chi connectivity index (χ3n) is 2.13. The molecule has 0 aliphatic rings. The fourth-order valence-electron chi connectivity index (χ4n) is 1.13. The Morgan fingerprint density at radius 1 is 1.12 bits per heavy atom. The van der Waals surface area contributed by atoms with E-state index in [2.05, 4.69) is 14.2 Å². The van der Waals surface area contributed by atoms with Crippen LogP contribution in [0.25, 0.3) is 0 Å². The van der Waals surface area contributed by atoms with Crippen LogP contribution < -0.4 is 0 Å². The maximum absolute atomic E-state index is 11.5. The van der Waals surface area contributed by atoms with Crippen LogP contribution in [0.1, 0.15) is 20.3 Å². The minimum atomic E-state index is -1.44. The van der Waals surface area contributed by atoms with Gasteiger partial charge in [-0.05, 0) is 19.4 Å². The molecule has 0 rings (SSSR count). The van der Waals surface area contributed by atoms with Gasteiger partial charge in [0.05, 0.1) is 20.5 Å². The average Bonchev–Trinajstić information content (AvgIpc) is 2.31. The standard InChI is InChI=1S/C11H16O6/c1-8(12)17-7-5-6-11(2,9(13)15-3)10(14)16-4/h5,7H,6H2,1-4H3/b7-5-. The van der Waals surface area contributed by atoms with Crippen molar-refractivity contribution in [3.8, 4) is 0 Å². The van der Waals surface area contributed by atoms with Crippen molar-refractivity contribution in [3.05, 3.63) is 12.3 Å². The van der Waals surface area contributed by atoms with Crippen molar-refractivity contribution >= 4 is 17.9 Å². The van der Waals surface area contributed by atoms with E-state index in [1.165, 1.54) is 34.1 Å². The van der Waals surface area contributed by atoms with Crippen LogP contribution in [-0.2, 0) is 28.6 Å². The summed E-state index contributed by atoms with van der Waals surface area (Å²) in [4.78, 5) is 33.5. The maximum atomic E-state index is 11.5. The molecule has 0 aromatic rings. The zero-order valence-corrected chi connectivity index (χ0v) is 10.3. The first-order valence-corrected chi connectivity index (χ1v) is 4.87. The summed E-state index contributed by atoms with van der Waals surface area (Å²) >= 11 is 0. The highest BCUT2D eigenvalue weighted by molar-refractivity contribution is 5.99. The second-order valence-corrected chi connectivity index (χ2v) is 3.50. The number of carbonyl (C=O) groups is 3. The van der Waals surface area contributed by atoms with E-state index in [1.54, 1.807) is 0 Å². The summed E-state index contributed by atoms with van der Waals surface area (Å²) in [6.07, 6.45) is 2.52. The molecule has 0 N–H and O–H groups in total. The van der Waals surface area contributed by atoms with Crippen LogP contribution in [0.4, 0.5) is 0 Å². The summed E-state index contributed by atoms with van der Waals surface area (Å²) in [7, 11) is 2.36. The predicted molar refractivity (Wildman–Crippen MR) is 57.7 cm³/mol. The molecule has 0 radical (unpaired) electrons. The molecule has 0 saturated carbocycles. The van der Waals surface area contributed by atoms with Gasteiger partial charge in [-0.2, -0.15) is 0 Å². The molecule has 6 heteroatoms. The van der Waals surface area contributed by atoms with Crippen molar-refractivity contribution in [1.29, 1.82) is 0 Å². The zero-order valence-electron chi connectivity index (χ0n) is 10.3. The van der Waals surface area contributed by atoms with E-state index in [-0.39, 0.29) is 6.42 Å². The van der Waals surface area contributed by atoms with E-state index < -0.39 is 23.3 Å². The number of esters is 3. The first kappa shape index (κ1) is 15.2. The highest BCUT2D eigenvalue weighted by Crippen LogP contribution is 2.25. The third-order valence-corrected chi connectivity index (χ3v) is 2.13. The van der Waals surface area contributed by atoms with Gasteiger partial charge in [0.1, 0.15) is 0 Å². The Morgan fingerprint density at radius 2 is 1.59 bits per heavy atom. The van der Waals surface area contributed by atoms with E-state index in [4.69, 9.17) is 0 Å². The molecule has 0 aliphatic carbocycles. The van der Waals surface area contributed by atoms with Crippen molar-refractivity contribution in [3.63, 3.8) is 0 Å². The third kappa shape index (κ3) is 4.26. The molecule has 0 bridgehead atoms. The topological polar surface area (TPSA) is 78.9 Å². The minimum absolute atomic E-state index is 0.0135. The van der Waals surface area contributed by atoms with Crippen molar-refractivity contribution in [2.75, 3.05) is 14.2 Å². The zero-order chi connectivity index (χ0) is 13.5. The molecule has 0 saturated heterocycles. The summed E-state index contributed by atoms with van der Waals surface area (Å²) in [6.45, 7) is 2.63. The van der Waals surface area contributed by atoms with E-state index in [9.17, 15) is 14.4 Å². The van der Waals surface area contributed by atoms with Crippen LogP contribution in [0.3, 0.4) is 0 Å². The minimum Gasteiger partial charge on any atom is -0.468 e. The van der Waals surface area contributed by atoms with Crippen LogP contribution in [-0.4, -0.2) is 32.1 Å². The van der Waals surface area contributed by atoms with Gasteiger partial charge in [0.15, 0.2) is 5.41 Å². The lowest BCUT2D eigenvalue weighted by atomic mass is 9.87. The molecule has 0 aliphatic heterocycles. The fraction of sp³-hybridized carbons (Fsp3) is 0.545. The van der Waals surface area contributed by atoms with Crippen LogP contribution in [0, 0.1) is 5.41 Å². The van der Waals surface area contributed by atoms with E-state index >= 15 is 0 Å². The molecule has 0 unspecified atom stereocenters. The normalized spacial score (nSPS) is 11.1. The Morgan fingerprint density at radius 3 is 1.94 bits per heavy atom. The molecule has 0 amide bonds. The van der Waals surface area contributed by atoms with Crippen LogP contribution in [0.15, 0.2) is 12.3 Å². The molecular formula is C11H16O6. The monoisotopic (exact) mass is 244 g/mol. The van der Waals surface area contributed by atoms with Crippen molar-refractivity contribution in [2.45, 2.75) is 20.3 Å². The van der Waals surface area contributed by atoms with E-state index in [1.807, 2.05) is 0 Å². The molecule has 17 heavy (non-hydrogen) atoms. The van der Waals surface area contributed by atoms with Gasteiger partial charge in [0.2, 0.25) is 0 Å². The number of hydrogen-bond acceptors (Lipinski definition) is 6. The summed E-state index contributed by atoms with van der Waals surface area (Å²) in [5.74, 6) is -1.91. The first-order chi connectivity index (χ1) is 7.88. The first-order valence-electron chi connectivity index (χ1n) is 4.87. The Hall–Kier alpha value is -1.85. The number of hydrogen-bond donors (Lipinski definition) is 0. The van der Waals surface area contributed by atoms with Gasteiger partial charge in [0.25, 0.3) is 0 Å². The second-order valence-electron chi connectivity index (χ2n) is 3.50. The maximum Gasteiger partial charge on any atom is 0.323 e. The van der Waals surface area contributed by atoms with Gasteiger partial charge in [-0.15, -0.1) is 0 Å². The molecule has 0 spiro atoms. The van der Waals surface area contributed by atoms with Crippen molar-refractivity contribution in [1.82, 2.24) is 0 Å². The van der Waals surface area contributed by atoms with Gasteiger partial charge in [-0.1, -0.05) is 0 Å². The highest BCUT2D eigenvalue weighted by Gasteiger charge is 2.42. The van der Waals surface area contributed by atoms with Crippen LogP contribution >= 0.6 is 0 Å². The van der Waals surface area contributed by atoms with E-state index in [0.717, 1.165) is 6.26 Å². The Kier molecular flexibility index (Phi) is 5.95. The Bertz CT molecular complexity index is 315. The SMILES string of the molecule is COC(=O)C(C)(C/C=C\OC(C)=O)C(=O)OC. The number of ether oxygens (including phenoxy) is 3. The molecule has 96 valence electrons. The highest BCUT2D eigenvalue weighted by atomic mass is 16.5. The second kappa shape index (κ2) is 6.67. The molecule has 0 fully saturated rings. The quantitative estimate of drug-likeness (QED) is 0.308. The Balaban J connectivity index is 4.72. The number of rotatable bonds is 5. The average molecular weight is 244 g/mol. The summed E-state index contributed by atoms with van der Waals surface area (Å²) in [6, 6.07) is 0. The fourth-order valence-corrected chi connectivity index (χ4v) is 1.13. The molecular weight excluding hydrogens is 228 g/mol. The lowest BCUT2D eigenvalue weighted by Crippen LogP contribution is -2.38. The summed E-state index contributed by atoms with van der Waals surface area (Å²) in [5.41, 5.74) is -1.44. The van der Waals surface area contributed by atoms with Crippen LogP contribution in [0.2, 0.25) is 0 Å². The largest absolute Gasteiger partial charge is 0.468 e. The number of allylic oxidation sites excluding steroid dienone is 1. The van der Waals surface area contributed by atoms with Gasteiger partial charge in [0, 0.05) is 6.92 Å². The molecule has 0 aromatic heterocycles. The lowest BCUT2D eigenvalue weighted by Gasteiger charge is -2.21. The Labute approximate surface area is 99.5 Å². The van der Waals surface area contributed by atoms with Crippen molar-refractivity contribution in [2.24, 2.45) is 5.41 Å². The predicted octanol–water partition coefficient (Wildman–Crippen LogP) is 0.806. The van der Waals surface area contributed by atoms with Crippen LogP contribution in [0.5, 0.6) is 0 Å². The van der Waals surface area contributed by atoms with Gasteiger partial charge < -0.3 is 14.2 Å². The lowest BCUT2D eigenvalue weighted by molar-refractivity contribution is -0.167.